The first-order valence-corrected chi connectivity index (χ1v) is 39.6. The van der Waals surface area contributed by atoms with E-state index in [0.29, 0.717) is 162 Å². The van der Waals surface area contributed by atoms with Crippen LogP contribution in [0.25, 0.3) is 0 Å². The number of halogens is 2. The summed E-state index contributed by atoms with van der Waals surface area (Å²) in [6.45, 7) is 16.8. The largest absolute Gasteiger partial charge is 0.480 e. The summed E-state index contributed by atoms with van der Waals surface area (Å²) in [6, 6.07) is 10.2. The number of nitrogens with one attached hydrogen (secondary N) is 4. The van der Waals surface area contributed by atoms with E-state index in [2.05, 4.69) is 49.2 Å². The number of anilines is 1. The number of hydrogen-bond donors (Lipinski definition) is 5. The Kier molecular flexibility index (Phi) is 56.0. The summed E-state index contributed by atoms with van der Waals surface area (Å²) in [5, 5.41) is 21.9. The molecule has 1 aliphatic rings. The molecule has 0 spiro atoms. The molecular formula is C78H134Cl2N5O17+. The number of ether oxygens (including phenoxy) is 11. The molecule has 1 fully saturated rings. The van der Waals surface area contributed by atoms with E-state index in [1.165, 1.54) is 116 Å². The fourth-order valence-electron chi connectivity index (χ4n) is 12.1. The van der Waals surface area contributed by atoms with Gasteiger partial charge in [-0.15, -0.1) is 0 Å². The van der Waals surface area contributed by atoms with Gasteiger partial charge in [0.15, 0.2) is 0 Å². The fourth-order valence-corrected chi connectivity index (χ4v) is 12.7. The lowest BCUT2D eigenvalue weighted by atomic mass is 9.81. The summed E-state index contributed by atoms with van der Waals surface area (Å²) in [4.78, 5) is 64.0. The third kappa shape index (κ3) is 48.2. The number of carboxylic acid groups (broad SMARTS) is 1. The highest BCUT2D eigenvalue weighted by molar-refractivity contribution is 6.40. The number of benzene rings is 2. The van der Waals surface area contributed by atoms with E-state index in [0.717, 1.165) is 62.9 Å². The number of carbonyl (C=O) groups excluding carboxylic acids is 4. The van der Waals surface area contributed by atoms with Crippen molar-refractivity contribution in [1.29, 1.82) is 0 Å². The van der Waals surface area contributed by atoms with Gasteiger partial charge in [0.25, 0.3) is 5.91 Å². The molecule has 102 heavy (non-hydrogen) atoms. The van der Waals surface area contributed by atoms with Crippen LogP contribution in [0.2, 0.25) is 10.0 Å². The average Bonchev–Trinajstić information content (AvgIpc) is 1.37. The minimum Gasteiger partial charge on any atom is -0.480 e. The average molecular weight is 1480 g/mol. The van der Waals surface area contributed by atoms with Crippen LogP contribution in [0.3, 0.4) is 0 Å². The number of quaternary nitrogens is 1. The Hall–Kier alpha value is -4.11. The SMILES string of the molecule is CCCCCCCCCCCCOCC(C[N+](C)(C)CCCNC(=O)CCOCCOCCOCCOCCOCCOCCOCCOCCOCCC(=O)NCCC1(C(=O)N[C@@H](Cc2ccc(NC(=O)c3c(Cl)cccc3Cl)cc2)C(=O)O)CCCC1)OCCCCCCCCCCCC. The number of aliphatic carboxylic acids is 1. The van der Waals surface area contributed by atoms with Crippen LogP contribution in [-0.4, -0.2) is 230 Å². The van der Waals surface area contributed by atoms with Gasteiger partial charge < -0.3 is 83.0 Å². The summed E-state index contributed by atoms with van der Waals surface area (Å²) >= 11 is 12.3. The van der Waals surface area contributed by atoms with Crippen molar-refractivity contribution in [2.45, 2.75) is 212 Å². The van der Waals surface area contributed by atoms with Crippen LogP contribution in [0.5, 0.6) is 0 Å². The molecule has 1 unspecified atom stereocenters. The molecule has 0 heterocycles. The van der Waals surface area contributed by atoms with E-state index in [9.17, 15) is 29.1 Å². The second-order valence-electron chi connectivity index (χ2n) is 27.4. The van der Waals surface area contributed by atoms with Gasteiger partial charge in [0.05, 0.1) is 167 Å². The van der Waals surface area contributed by atoms with Crippen molar-refractivity contribution >= 4 is 58.5 Å². The van der Waals surface area contributed by atoms with Gasteiger partial charge in [-0.1, -0.05) is 184 Å². The normalized spacial score (nSPS) is 13.5. The Morgan fingerprint density at radius 1 is 0.490 bits per heavy atom. The first-order chi connectivity index (χ1) is 49.7. The Balaban J connectivity index is 1.06. The lowest BCUT2D eigenvalue weighted by molar-refractivity contribution is -0.893. The molecule has 2 atom stereocenters. The molecule has 0 radical (unpaired) electrons. The van der Waals surface area contributed by atoms with Crippen molar-refractivity contribution in [2.24, 2.45) is 5.41 Å². The quantitative estimate of drug-likeness (QED) is 0.0305. The number of carboxylic acids is 1. The first-order valence-electron chi connectivity index (χ1n) is 38.8. The molecule has 5 N–H and O–H groups in total. The third-order valence-corrected chi connectivity index (χ3v) is 18.7. The van der Waals surface area contributed by atoms with Crippen molar-refractivity contribution in [3.8, 4) is 0 Å². The molecule has 24 heteroatoms. The highest BCUT2D eigenvalue weighted by Gasteiger charge is 2.42. The molecule has 4 amide bonds. The van der Waals surface area contributed by atoms with Crippen LogP contribution in [0, 0.1) is 5.41 Å². The molecular weight excluding hydrogens is 1350 g/mol. The van der Waals surface area contributed by atoms with Crippen LogP contribution in [-0.2, 0) is 77.7 Å². The molecule has 3 rings (SSSR count). The summed E-state index contributed by atoms with van der Waals surface area (Å²) in [5.74, 6) is -2.20. The first kappa shape index (κ1) is 92.1. The second kappa shape index (κ2) is 62.0. The number of nitrogens with zero attached hydrogens (tertiary/aromatic N) is 1. The molecule has 586 valence electrons. The molecule has 2 aromatic carbocycles. The fraction of sp³-hybridized carbons (Fsp3) is 0.782. The van der Waals surface area contributed by atoms with E-state index in [1.54, 1.807) is 42.5 Å². The van der Waals surface area contributed by atoms with Gasteiger partial charge in [-0.2, -0.15) is 0 Å². The van der Waals surface area contributed by atoms with Crippen LogP contribution in [0.4, 0.5) is 5.69 Å². The van der Waals surface area contributed by atoms with Crippen LogP contribution >= 0.6 is 23.2 Å². The zero-order valence-corrected chi connectivity index (χ0v) is 64.6. The summed E-state index contributed by atoms with van der Waals surface area (Å²) in [5.41, 5.74) is 0.467. The maximum absolute atomic E-state index is 13.7. The number of rotatable bonds is 71. The van der Waals surface area contributed by atoms with Crippen molar-refractivity contribution in [3.05, 3.63) is 63.6 Å². The molecule has 0 saturated heterocycles. The minimum atomic E-state index is -1.18. The Morgan fingerprint density at radius 3 is 1.32 bits per heavy atom. The van der Waals surface area contributed by atoms with Gasteiger partial charge in [0.1, 0.15) is 18.7 Å². The summed E-state index contributed by atoms with van der Waals surface area (Å²) in [7, 11) is 4.51. The maximum Gasteiger partial charge on any atom is 0.326 e. The van der Waals surface area contributed by atoms with Crippen molar-refractivity contribution < 1.29 is 85.7 Å². The van der Waals surface area contributed by atoms with Crippen molar-refractivity contribution in [1.82, 2.24) is 16.0 Å². The smallest absolute Gasteiger partial charge is 0.326 e. The number of hydrogen-bond acceptors (Lipinski definition) is 16. The number of likely N-dealkylation sites (N-methyl/N-ethyl adjacent to an activating group) is 1. The number of unbranched alkanes of at least 4 members (excludes halogenated alkanes) is 18. The standard InChI is InChI=1S/C78H133Cl2N5O17/c1-5-7-9-11-13-15-17-19-21-25-43-101-65-68(102-44-26-22-20-18-16-14-12-10-8-6-2)64-85(3,4)42-28-40-81-72(86)35-45-92-47-49-94-51-53-96-55-57-98-59-61-100-62-60-99-58-56-97-54-52-95-50-48-93-46-36-73(87)82-41-39-78(37-23-24-38-78)77(91)84-71(76(89)90)63-66-31-33-67(34-32-66)83-75(88)74-69(79)29-27-30-70(74)80/h27,29-34,68,71H,5-26,28,35-65H2,1-4H3,(H4-,81,82,83,84,86,87,88,89,90,91)/p+1/t68?,71-/m0/s1. The van der Waals surface area contributed by atoms with Gasteiger partial charge in [0.2, 0.25) is 17.7 Å². The number of carbonyl (C=O) groups is 5. The van der Waals surface area contributed by atoms with Crippen molar-refractivity contribution in [2.75, 3.05) is 184 Å². The molecule has 22 nitrogen and oxygen atoms in total. The molecule has 1 aliphatic carbocycles. The van der Waals surface area contributed by atoms with E-state index in [4.69, 9.17) is 75.3 Å². The van der Waals surface area contributed by atoms with E-state index >= 15 is 0 Å². The predicted octanol–water partition coefficient (Wildman–Crippen LogP) is 13.2. The van der Waals surface area contributed by atoms with E-state index in [-0.39, 0.29) is 65.4 Å². The molecule has 1 saturated carbocycles. The van der Waals surface area contributed by atoms with Crippen LogP contribution in [0.1, 0.15) is 210 Å². The topological polar surface area (TPSA) is 255 Å². The summed E-state index contributed by atoms with van der Waals surface area (Å²) < 4.78 is 63.8. The molecule has 2 aromatic rings. The maximum atomic E-state index is 13.7. The summed E-state index contributed by atoms with van der Waals surface area (Å²) in [6.07, 6.45) is 31.0. The Bertz CT molecular complexity index is 2410. The van der Waals surface area contributed by atoms with Crippen LogP contribution < -0.4 is 21.3 Å². The lowest BCUT2D eigenvalue weighted by Crippen LogP contribution is -2.49. The Morgan fingerprint density at radius 2 is 0.892 bits per heavy atom. The van der Waals surface area contributed by atoms with Crippen LogP contribution in [0.15, 0.2) is 42.5 Å². The highest BCUT2D eigenvalue weighted by Crippen LogP contribution is 2.41. The van der Waals surface area contributed by atoms with Gasteiger partial charge in [-0.05, 0) is 61.9 Å². The second-order valence-corrected chi connectivity index (χ2v) is 28.2. The zero-order valence-electron chi connectivity index (χ0n) is 63.1. The van der Waals surface area contributed by atoms with Gasteiger partial charge in [-0.25, -0.2) is 4.79 Å². The predicted molar refractivity (Wildman–Crippen MR) is 403 cm³/mol. The minimum absolute atomic E-state index is 0.00284. The Labute approximate surface area is 622 Å². The monoisotopic (exact) mass is 1480 g/mol. The molecule has 0 bridgehead atoms. The molecule has 0 aromatic heterocycles. The van der Waals surface area contributed by atoms with Gasteiger partial charge in [0, 0.05) is 57.7 Å². The zero-order chi connectivity index (χ0) is 73.7. The van der Waals surface area contributed by atoms with Crippen molar-refractivity contribution in [3.63, 3.8) is 0 Å². The molecule has 0 aliphatic heterocycles. The van der Waals surface area contributed by atoms with Gasteiger partial charge >= 0.3 is 5.97 Å². The number of amides is 4. The highest BCUT2D eigenvalue weighted by atomic mass is 35.5. The van der Waals surface area contributed by atoms with E-state index < -0.39 is 23.3 Å². The van der Waals surface area contributed by atoms with Gasteiger partial charge in [-0.3, -0.25) is 19.2 Å². The lowest BCUT2D eigenvalue weighted by Gasteiger charge is -2.33. The van der Waals surface area contributed by atoms with E-state index in [1.807, 2.05) is 0 Å². The third-order valence-electron chi connectivity index (χ3n) is 18.1.